The van der Waals surface area contributed by atoms with Crippen molar-refractivity contribution in [1.29, 1.82) is 0 Å². The molecule has 0 unspecified atom stereocenters. The van der Waals surface area contributed by atoms with E-state index in [9.17, 15) is 8.42 Å². The summed E-state index contributed by atoms with van der Waals surface area (Å²) < 4.78 is 27.9. The van der Waals surface area contributed by atoms with Gasteiger partial charge >= 0.3 is 0 Å². The van der Waals surface area contributed by atoms with E-state index in [1.807, 2.05) is 11.0 Å². The van der Waals surface area contributed by atoms with Gasteiger partial charge in [0.15, 0.2) is 5.84 Å². The zero-order valence-electron chi connectivity index (χ0n) is 11.2. The highest BCUT2D eigenvalue weighted by Gasteiger charge is 2.31. The molecular formula is C13H19N3O2S. The van der Waals surface area contributed by atoms with Crippen LogP contribution < -0.4 is 5.73 Å². The normalized spacial score (nSPS) is 16.3. The lowest BCUT2D eigenvalue weighted by atomic mass is 10.1. The van der Waals surface area contributed by atoms with Crippen LogP contribution in [0.15, 0.2) is 33.6 Å². The fourth-order valence-corrected chi connectivity index (χ4v) is 3.42. The topological polar surface area (TPSA) is 75.8 Å². The van der Waals surface area contributed by atoms with Gasteiger partial charge in [0.05, 0.1) is 0 Å². The van der Waals surface area contributed by atoms with Gasteiger partial charge in [0.25, 0.3) is 10.0 Å². The van der Waals surface area contributed by atoms with Crippen molar-refractivity contribution >= 4 is 15.9 Å². The first-order valence-electron chi connectivity index (χ1n) is 6.35. The van der Waals surface area contributed by atoms with Crippen molar-refractivity contribution in [1.82, 2.24) is 4.90 Å². The van der Waals surface area contributed by atoms with Crippen LogP contribution >= 0.6 is 0 Å². The lowest BCUT2D eigenvalue weighted by Crippen LogP contribution is -2.37. The first kappa shape index (κ1) is 14.0. The van der Waals surface area contributed by atoms with Crippen molar-refractivity contribution in [2.75, 3.05) is 19.6 Å². The van der Waals surface area contributed by atoms with E-state index in [2.05, 4.69) is 18.2 Å². The Morgan fingerprint density at radius 1 is 1.32 bits per heavy atom. The molecule has 2 rings (SSSR count). The first-order valence-corrected chi connectivity index (χ1v) is 7.79. The predicted molar refractivity (Wildman–Crippen MR) is 75.6 cm³/mol. The molecule has 1 heterocycles. The Balaban J connectivity index is 2.44. The van der Waals surface area contributed by atoms with E-state index in [-0.39, 0.29) is 4.90 Å². The highest BCUT2D eigenvalue weighted by molar-refractivity contribution is 7.90. The fraction of sp³-hybridized carbons (Fsp3) is 0.462. The minimum Gasteiger partial charge on any atom is -0.354 e. The van der Waals surface area contributed by atoms with Gasteiger partial charge in [0.2, 0.25) is 0 Å². The molecule has 0 saturated carbocycles. The fourth-order valence-electron chi connectivity index (χ4n) is 2.20. The van der Waals surface area contributed by atoms with E-state index in [0.717, 1.165) is 6.54 Å². The summed E-state index contributed by atoms with van der Waals surface area (Å²) >= 11 is 0. The Morgan fingerprint density at radius 2 is 2.00 bits per heavy atom. The molecule has 0 aromatic heterocycles. The Kier molecular flexibility index (Phi) is 3.91. The van der Waals surface area contributed by atoms with E-state index in [0.29, 0.717) is 30.4 Å². The standard InChI is InChI=1S/C13H19N3O2S/c1-10(2)9-16(8-7-14)13-11-5-3-4-6-12(11)19(17,18)15-13/h3-6,10H,7-9,14H2,1-2H3. The molecule has 0 amide bonds. The predicted octanol–water partition coefficient (Wildman–Crippen LogP) is 1.05. The largest absolute Gasteiger partial charge is 0.354 e. The molecule has 2 N–H and O–H groups in total. The van der Waals surface area contributed by atoms with Crippen LogP contribution in [0.1, 0.15) is 19.4 Å². The number of nitrogens with zero attached hydrogens (tertiary/aromatic N) is 2. The number of hydrogen-bond acceptors (Lipinski definition) is 4. The summed E-state index contributed by atoms with van der Waals surface area (Å²) in [5, 5.41) is 0. The zero-order valence-corrected chi connectivity index (χ0v) is 12.0. The minimum atomic E-state index is -3.55. The number of nitrogens with two attached hydrogens (primary N) is 1. The van der Waals surface area contributed by atoms with Crippen molar-refractivity contribution in [3.05, 3.63) is 29.8 Å². The highest BCUT2D eigenvalue weighted by atomic mass is 32.2. The van der Waals surface area contributed by atoms with Gasteiger partial charge < -0.3 is 10.6 Å². The van der Waals surface area contributed by atoms with E-state index >= 15 is 0 Å². The third-order valence-corrected chi connectivity index (χ3v) is 4.22. The molecule has 0 bridgehead atoms. The second-order valence-corrected chi connectivity index (χ2v) is 6.59. The van der Waals surface area contributed by atoms with Crippen molar-refractivity contribution in [2.45, 2.75) is 18.7 Å². The third-order valence-electron chi connectivity index (χ3n) is 2.90. The van der Waals surface area contributed by atoms with Crippen LogP contribution in [0.3, 0.4) is 0 Å². The highest BCUT2D eigenvalue weighted by Crippen LogP contribution is 2.27. The third kappa shape index (κ3) is 2.79. The van der Waals surface area contributed by atoms with Gasteiger partial charge in [-0.05, 0) is 18.1 Å². The van der Waals surface area contributed by atoms with Crippen LogP contribution in [0.2, 0.25) is 0 Å². The first-order chi connectivity index (χ1) is 8.95. The number of rotatable bonds is 4. The SMILES string of the molecule is CC(C)CN(CCN)C1=NS(=O)(=O)c2ccccc21. The number of benzene rings is 1. The van der Waals surface area contributed by atoms with Gasteiger partial charge in [-0.1, -0.05) is 26.0 Å². The summed E-state index contributed by atoms with van der Waals surface area (Å²) in [5.74, 6) is 0.930. The van der Waals surface area contributed by atoms with Crippen molar-refractivity contribution in [3.8, 4) is 0 Å². The molecule has 0 atom stereocenters. The molecule has 0 aliphatic carbocycles. The summed E-state index contributed by atoms with van der Waals surface area (Å²) in [5.41, 5.74) is 6.29. The number of amidine groups is 1. The maximum Gasteiger partial charge on any atom is 0.285 e. The molecule has 0 saturated heterocycles. The lowest BCUT2D eigenvalue weighted by molar-refractivity contribution is 0.374. The van der Waals surface area contributed by atoms with Crippen molar-refractivity contribution in [2.24, 2.45) is 16.0 Å². The van der Waals surface area contributed by atoms with Crippen molar-refractivity contribution < 1.29 is 8.42 Å². The zero-order chi connectivity index (χ0) is 14.0. The molecule has 104 valence electrons. The average molecular weight is 281 g/mol. The van der Waals surface area contributed by atoms with Gasteiger partial charge in [-0.25, -0.2) is 0 Å². The minimum absolute atomic E-state index is 0.288. The van der Waals surface area contributed by atoms with Crippen molar-refractivity contribution in [3.63, 3.8) is 0 Å². The van der Waals surface area contributed by atoms with Gasteiger partial charge in [-0.3, -0.25) is 0 Å². The van der Waals surface area contributed by atoms with Crippen LogP contribution in [-0.2, 0) is 10.0 Å². The van der Waals surface area contributed by atoms with Gasteiger partial charge in [0, 0.05) is 25.2 Å². The molecule has 1 aromatic carbocycles. The summed E-state index contributed by atoms with van der Waals surface area (Å²) in [4.78, 5) is 2.24. The Labute approximate surface area is 114 Å². The lowest BCUT2D eigenvalue weighted by Gasteiger charge is -2.25. The van der Waals surface area contributed by atoms with E-state index < -0.39 is 10.0 Å². The molecule has 1 aromatic rings. The van der Waals surface area contributed by atoms with Crippen LogP contribution in [0.5, 0.6) is 0 Å². The molecule has 19 heavy (non-hydrogen) atoms. The van der Waals surface area contributed by atoms with E-state index in [4.69, 9.17) is 5.73 Å². The van der Waals surface area contributed by atoms with Crippen LogP contribution in [0.4, 0.5) is 0 Å². The van der Waals surface area contributed by atoms with Gasteiger partial charge in [-0.2, -0.15) is 8.42 Å². The monoisotopic (exact) mass is 281 g/mol. The summed E-state index contributed by atoms with van der Waals surface area (Å²) in [6.45, 7) is 5.97. The number of sulfonamides is 1. The Bertz CT molecular complexity index is 594. The molecule has 6 heteroatoms. The molecule has 1 aliphatic heterocycles. The van der Waals surface area contributed by atoms with Crippen LogP contribution in [-0.4, -0.2) is 38.8 Å². The number of hydrogen-bond donors (Lipinski definition) is 1. The Morgan fingerprint density at radius 3 is 2.63 bits per heavy atom. The molecule has 0 radical (unpaired) electrons. The van der Waals surface area contributed by atoms with Gasteiger partial charge in [0.1, 0.15) is 4.90 Å². The number of fused-ring (bicyclic) bond motifs is 1. The second kappa shape index (κ2) is 5.30. The van der Waals surface area contributed by atoms with E-state index in [1.165, 1.54) is 0 Å². The summed E-state index contributed by atoms with van der Waals surface area (Å²) in [6.07, 6.45) is 0. The summed E-state index contributed by atoms with van der Waals surface area (Å²) in [7, 11) is -3.55. The Hall–Kier alpha value is -1.40. The average Bonchev–Trinajstić information content (AvgIpc) is 2.61. The summed E-state index contributed by atoms with van der Waals surface area (Å²) in [6, 6.07) is 6.93. The van der Waals surface area contributed by atoms with Crippen LogP contribution in [0, 0.1) is 5.92 Å². The molecular weight excluding hydrogens is 262 g/mol. The van der Waals surface area contributed by atoms with Crippen LogP contribution in [0.25, 0.3) is 0 Å². The molecule has 0 fully saturated rings. The molecule has 5 nitrogen and oxygen atoms in total. The molecule has 0 spiro atoms. The maximum absolute atomic E-state index is 12.0. The second-order valence-electron chi connectivity index (χ2n) is 5.01. The smallest absolute Gasteiger partial charge is 0.285 e. The maximum atomic E-state index is 12.0. The quantitative estimate of drug-likeness (QED) is 0.895. The van der Waals surface area contributed by atoms with Gasteiger partial charge in [-0.15, -0.1) is 4.40 Å². The molecule has 1 aliphatic rings. The van der Waals surface area contributed by atoms with E-state index in [1.54, 1.807) is 18.2 Å².